The van der Waals surface area contributed by atoms with E-state index < -0.39 is 0 Å². The first-order chi connectivity index (χ1) is 7.42. The van der Waals surface area contributed by atoms with E-state index in [9.17, 15) is 0 Å². The van der Waals surface area contributed by atoms with E-state index in [0.29, 0.717) is 6.04 Å². The summed E-state index contributed by atoms with van der Waals surface area (Å²) < 4.78 is 5.46. The highest BCUT2D eigenvalue weighted by atomic mass is 16.5. The van der Waals surface area contributed by atoms with Crippen molar-refractivity contribution in [1.82, 2.24) is 5.32 Å². The molecule has 2 nitrogen and oxygen atoms in total. The van der Waals surface area contributed by atoms with Gasteiger partial charge < -0.3 is 10.1 Å². The molecule has 0 aromatic heterocycles. The fourth-order valence-electron chi connectivity index (χ4n) is 3.81. The van der Waals surface area contributed by atoms with E-state index in [1.54, 1.807) is 0 Å². The van der Waals surface area contributed by atoms with Gasteiger partial charge >= 0.3 is 0 Å². The van der Waals surface area contributed by atoms with Gasteiger partial charge in [0, 0.05) is 6.04 Å². The largest absolute Gasteiger partial charge is 0.501 e. The Bertz CT molecular complexity index is 264. The maximum atomic E-state index is 5.46. The number of hydrogen-bond donors (Lipinski definition) is 1. The average Bonchev–Trinajstić information content (AvgIpc) is 2.76. The van der Waals surface area contributed by atoms with E-state index in [1.807, 2.05) is 6.26 Å². The molecule has 2 saturated carbocycles. The number of hydrogen-bond acceptors (Lipinski definition) is 2. The summed E-state index contributed by atoms with van der Waals surface area (Å²) in [5.74, 6) is 2.99. The molecule has 3 rings (SSSR count). The van der Waals surface area contributed by atoms with Crippen molar-refractivity contribution in [2.45, 2.75) is 38.1 Å². The Hall–Kier alpha value is -0.500. The van der Waals surface area contributed by atoms with Crippen molar-refractivity contribution in [3.8, 4) is 0 Å². The van der Waals surface area contributed by atoms with Crippen molar-refractivity contribution in [1.29, 1.82) is 0 Å². The number of fused-ring (bicyclic) bond motifs is 1. The molecule has 0 spiro atoms. The molecule has 0 aromatic rings. The molecule has 0 amide bonds. The Kier molecular flexibility index (Phi) is 2.47. The van der Waals surface area contributed by atoms with Crippen molar-refractivity contribution in [3.63, 3.8) is 0 Å². The molecule has 3 atom stereocenters. The van der Waals surface area contributed by atoms with Crippen LogP contribution in [0.5, 0.6) is 0 Å². The van der Waals surface area contributed by atoms with Crippen molar-refractivity contribution in [3.05, 3.63) is 11.8 Å². The summed E-state index contributed by atoms with van der Waals surface area (Å²) in [7, 11) is 2.11. The van der Waals surface area contributed by atoms with Crippen LogP contribution in [0.2, 0.25) is 0 Å². The Labute approximate surface area is 92.1 Å². The van der Waals surface area contributed by atoms with Gasteiger partial charge in [0.25, 0.3) is 0 Å². The molecule has 1 N–H and O–H groups in total. The molecule has 0 bridgehead atoms. The highest BCUT2D eigenvalue weighted by molar-refractivity contribution is 5.19. The van der Waals surface area contributed by atoms with Crippen LogP contribution in [0.25, 0.3) is 0 Å². The number of ether oxygens (including phenoxy) is 1. The Morgan fingerprint density at radius 1 is 1.33 bits per heavy atom. The summed E-state index contributed by atoms with van der Waals surface area (Å²) in [5.41, 5.74) is 1.52. The van der Waals surface area contributed by atoms with Gasteiger partial charge in [-0.05, 0) is 56.1 Å². The molecule has 0 radical (unpaired) electrons. The van der Waals surface area contributed by atoms with Gasteiger partial charge in [0.2, 0.25) is 0 Å². The fraction of sp³-hybridized carbons (Fsp3) is 0.846. The molecule has 1 heterocycles. The van der Waals surface area contributed by atoms with Crippen molar-refractivity contribution < 1.29 is 4.74 Å². The van der Waals surface area contributed by atoms with Crippen molar-refractivity contribution >= 4 is 0 Å². The normalized spacial score (nSPS) is 40.3. The maximum absolute atomic E-state index is 5.46. The molecule has 2 fully saturated rings. The molecule has 0 aromatic carbocycles. The number of likely N-dealkylation sites (N-methyl/N-ethyl adjacent to an activating group) is 1. The summed E-state index contributed by atoms with van der Waals surface area (Å²) in [5, 5.41) is 3.51. The van der Waals surface area contributed by atoms with Crippen LogP contribution in [0.1, 0.15) is 32.1 Å². The van der Waals surface area contributed by atoms with Gasteiger partial charge in [-0.25, -0.2) is 0 Å². The van der Waals surface area contributed by atoms with E-state index in [4.69, 9.17) is 4.74 Å². The van der Waals surface area contributed by atoms with Crippen LogP contribution >= 0.6 is 0 Å². The summed E-state index contributed by atoms with van der Waals surface area (Å²) >= 11 is 0. The van der Waals surface area contributed by atoms with Gasteiger partial charge in [0.15, 0.2) is 0 Å². The Morgan fingerprint density at radius 2 is 2.13 bits per heavy atom. The van der Waals surface area contributed by atoms with Gasteiger partial charge in [-0.3, -0.25) is 0 Å². The van der Waals surface area contributed by atoms with Gasteiger partial charge in [-0.15, -0.1) is 0 Å². The molecule has 3 aliphatic rings. The van der Waals surface area contributed by atoms with Crippen LogP contribution in [0, 0.1) is 17.8 Å². The van der Waals surface area contributed by atoms with E-state index in [2.05, 4.69) is 12.4 Å². The lowest BCUT2D eigenvalue weighted by Gasteiger charge is -2.24. The first-order valence-electron chi connectivity index (χ1n) is 6.39. The zero-order valence-corrected chi connectivity index (χ0v) is 9.54. The van der Waals surface area contributed by atoms with Gasteiger partial charge in [-0.1, -0.05) is 6.42 Å². The van der Waals surface area contributed by atoms with Crippen LogP contribution < -0.4 is 5.32 Å². The third kappa shape index (κ3) is 1.59. The molecule has 2 aliphatic carbocycles. The van der Waals surface area contributed by atoms with Crippen molar-refractivity contribution in [2.75, 3.05) is 13.7 Å². The van der Waals surface area contributed by atoms with Gasteiger partial charge in [0.05, 0.1) is 12.9 Å². The predicted molar refractivity (Wildman–Crippen MR) is 60.4 cm³/mol. The topological polar surface area (TPSA) is 21.3 Å². The van der Waals surface area contributed by atoms with E-state index in [-0.39, 0.29) is 0 Å². The number of rotatable bonds is 3. The molecule has 1 aliphatic heterocycles. The first kappa shape index (κ1) is 9.71. The molecule has 0 saturated heterocycles. The van der Waals surface area contributed by atoms with Crippen LogP contribution in [-0.2, 0) is 4.74 Å². The molecule has 15 heavy (non-hydrogen) atoms. The monoisotopic (exact) mass is 207 g/mol. The summed E-state index contributed by atoms with van der Waals surface area (Å²) in [4.78, 5) is 0. The minimum Gasteiger partial charge on any atom is -0.501 e. The van der Waals surface area contributed by atoms with Crippen LogP contribution in [-0.4, -0.2) is 19.7 Å². The quantitative estimate of drug-likeness (QED) is 0.767. The lowest BCUT2D eigenvalue weighted by atomic mass is 9.94. The van der Waals surface area contributed by atoms with Gasteiger partial charge in [-0.2, -0.15) is 0 Å². The van der Waals surface area contributed by atoms with E-state index >= 15 is 0 Å². The zero-order valence-electron chi connectivity index (χ0n) is 9.54. The van der Waals surface area contributed by atoms with Crippen LogP contribution in [0.3, 0.4) is 0 Å². The Morgan fingerprint density at radius 3 is 2.73 bits per heavy atom. The molecular formula is C13H21NO. The van der Waals surface area contributed by atoms with E-state index in [1.165, 1.54) is 37.7 Å². The second-order valence-electron chi connectivity index (χ2n) is 5.27. The smallest absolute Gasteiger partial charge is 0.0876 e. The first-order valence-corrected chi connectivity index (χ1v) is 6.39. The van der Waals surface area contributed by atoms with Gasteiger partial charge in [0.1, 0.15) is 0 Å². The fourth-order valence-corrected chi connectivity index (χ4v) is 3.81. The van der Waals surface area contributed by atoms with Crippen molar-refractivity contribution in [2.24, 2.45) is 17.8 Å². The number of nitrogens with one attached hydrogen (secondary N) is 1. The second-order valence-corrected chi connectivity index (χ2v) is 5.27. The molecule has 84 valence electrons. The minimum absolute atomic E-state index is 0.612. The SMILES string of the molecule is CNC(C1=COCCC1)C1C2CCCC21. The molecule has 2 heteroatoms. The molecular weight excluding hydrogens is 186 g/mol. The van der Waals surface area contributed by atoms with E-state index in [0.717, 1.165) is 24.4 Å². The summed E-state index contributed by atoms with van der Waals surface area (Å²) in [6.07, 6.45) is 8.88. The minimum atomic E-state index is 0.612. The standard InChI is InChI=1S/C13H21NO/c1-14-13(9-4-3-7-15-8-9)12-10-5-2-6-11(10)12/h8,10-14H,2-7H2,1H3. The van der Waals surface area contributed by atoms with Crippen LogP contribution in [0.4, 0.5) is 0 Å². The third-order valence-electron chi connectivity index (χ3n) is 4.53. The van der Waals surface area contributed by atoms with Crippen LogP contribution in [0.15, 0.2) is 11.8 Å². The predicted octanol–water partition coefficient (Wildman–Crippen LogP) is 2.31. The Balaban J connectivity index is 1.69. The summed E-state index contributed by atoms with van der Waals surface area (Å²) in [6, 6.07) is 0.612. The third-order valence-corrected chi connectivity index (χ3v) is 4.53. The average molecular weight is 207 g/mol. The zero-order chi connectivity index (χ0) is 10.3. The summed E-state index contributed by atoms with van der Waals surface area (Å²) in [6.45, 7) is 0.914. The highest BCUT2D eigenvalue weighted by Gasteiger charge is 2.56. The molecule has 3 unspecified atom stereocenters. The lowest BCUT2D eigenvalue weighted by Crippen LogP contribution is -2.32. The maximum Gasteiger partial charge on any atom is 0.0876 e. The lowest BCUT2D eigenvalue weighted by molar-refractivity contribution is 0.217. The second kappa shape index (κ2) is 3.82. The highest BCUT2D eigenvalue weighted by Crippen LogP contribution is 2.60.